The average Bonchev–Trinajstić information content (AvgIpc) is 2.99. The van der Waals surface area contributed by atoms with Crippen molar-refractivity contribution in [2.75, 3.05) is 0 Å². The largest absolute Gasteiger partial charge is 0.271 e. The Hall–Kier alpha value is -0.930. The first-order valence-electron chi connectivity index (χ1n) is 5.02. The lowest BCUT2D eigenvalue weighted by Crippen LogP contribution is -2.29. The normalized spacial score (nSPS) is 18.1. The summed E-state index contributed by atoms with van der Waals surface area (Å²) < 4.78 is 13.4. The Morgan fingerprint density at radius 2 is 2.14 bits per heavy atom. The summed E-state index contributed by atoms with van der Waals surface area (Å²) in [5.41, 5.74) is 3.37. The first-order chi connectivity index (χ1) is 6.81. The average molecular weight is 194 g/mol. The first-order valence-corrected chi connectivity index (χ1v) is 5.02. The lowest BCUT2D eigenvalue weighted by molar-refractivity contribution is 0.463. The highest BCUT2D eigenvalue weighted by molar-refractivity contribution is 5.21. The van der Waals surface area contributed by atoms with Gasteiger partial charge in [-0.2, -0.15) is 0 Å². The number of benzene rings is 1. The fourth-order valence-corrected chi connectivity index (χ4v) is 1.73. The van der Waals surface area contributed by atoms with Gasteiger partial charge in [-0.25, -0.2) is 4.39 Å². The third-order valence-corrected chi connectivity index (χ3v) is 2.75. The molecule has 1 unspecified atom stereocenters. The number of nitrogens with one attached hydrogen (secondary N) is 1. The Bertz CT molecular complexity index is 310. The molecule has 0 spiro atoms. The van der Waals surface area contributed by atoms with Gasteiger partial charge in [0, 0.05) is 11.6 Å². The molecule has 0 amide bonds. The molecule has 0 heterocycles. The summed E-state index contributed by atoms with van der Waals surface area (Å²) in [6.07, 6.45) is 3.46. The standard InChI is InChI=1S/C11H15FN2/c12-10-4-2-1-3-9(10)11(14-13)7-8-5-6-8/h1-4,8,11,14H,5-7,13H2. The van der Waals surface area contributed by atoms with Crippen LogP contribution in [0.5, 0.6) is 0 Å². The van der Waals surface area contributed by atoms with E-state index in [9.17, 15) is 4.39 Å². The molecule has 1 saturated carbocycles. The van der Waals surface area contributed by atoms with Gasteiger partial charge in [-0.1, -0.05) is 31.0 Å². The molecule has 1 aliphatic rings. The van der Waals surface area contributed by atoms with Gasteiger partial charge < -0.3 is 0 Å². The Labute approximate surface area is 83.3 Å². The second-order valence-corrected chi connectivity index (χ2v) is 3.92. The molecular weight excluding hydrogens is 179 g/mol. The van der Waals surface area contributed by atoms with Gasteiger partial charge in [0.1, 0.15) is 5.82 Å². The van der Waals surface area contributed by atoms with E-state index in [0.717, 1.165) is 12.3 Å². The molecule has 3 heteroatoms. The highest BCUT2D eigenvalue weighted by Crippen LogP contribution is 2.37. The van der Waals surface area contributed by atoms with Crippen molar-refractivity contribution in [3.63, 3.8) is 0 Å². The summed E-state index contributed by atoms with van der Waals surface area (Å²) >= 11 is 0. The number of rotatable bonds is 4. The van der Waals surface area contributed by atoms with Crippen LogP contribution in [-0.2, 0) is 0 Å². The number of nitrogens with two attached hydrogens (primary N) is 1. The summed E-state index contributed by atoms with van der Waals surface area (Å²) in [4.78, 5) is 0. The molecule has 1 aromatic rings. The highest BCUT2D eigenvalue weighted by Gasteiger charge is 2.26. The van der Waals surface area contributed by atoms with Crippen LogP contribution >= 0.6 is 0 Å². The zero-order valence-corrected chi connectivity index (χ0v) is 8.04. The van der Waals surface area contributed by atoms with Gasteiger partial charge in [0.05, 0.1) is 0 Å². The minimum absolute atomic E-state index is 0.0382. The molecule has 0 aliphatic heterocycles. The molecule has 1 atom stereocenters. The summed E-state index contributed by atoms with van der Waals surface area (Å²) in [7, 11) is 0. The van der Waals surface area contributed by atoms with Crippen LogP contribution in [0.1, 0.15) is 30.9 Å². The van der Waals surface area contributed by atoms with Gasteiger partial charge in [0.2, 0.25) is 0 Å². The van der Waals surface area contributed by atoms with E-state index < -0.39 is 0 Å². The molecule has 76 valence electrons. The van der Waals surface area contributed by atoms with E-state index in [1.807, 2.05) is 6.07 Å². The van der Waals surface area contributed by atoms with Gasteiger partial charge in [-0.15, -0.1) is 0 Å². The molecule has 0 bridgehead atoms. The number of halogens is 1. The smallest absolute Gasteiger partial charge is 0.128 e. The van der Waals surface area contributed by atoms with E-state index in [1.165, 1.54) is 18.9 Å². The van der Waals surface area contributed by atoms with Crippen LogP contribution in [0.4, 0.5) is 4.39 Å². The van der Waals surface area contributed by atoms with Crippen molar-refractivity contribution in [2.45, 2.75) is 25.3 Å². The Morgan fingerprint density at radius 3 is 2.71 bits per heavy atom. The molecule has 2 nitrogen and oxygen atoms in total. The van der Waals surface area contributed by atoms with Crippen molar-refractivity contribution in [2.24, 2.45) is 11.8 Å². The van der Waals surface area contributed by atoms with Crippen LogP contribution < -0.4 is 11.3 Å². The predicted octanol–water partition coefficient (Wildman–Crippen LogP) is 2.13. The van der Waals surface area contributed by atoms with Gasteiger partial charge in [-0.3, -0.25) is 11.3 Å². The maximum atomic E-state index is 13.4. The van der Waals surface area contributed by atoms with Crippen LogP contribution in [0, 0.1) is 11.7 Å². The van der Waals surface area contributed by atoms with Crippen LogP contribution in [0.3, 0.4) is 0 Å². The van der Waals surface area contributed by atoms with Crippen LogP contribution in [0.25, 0.3) is 0 Å². The summed E-state index contributed by atoms with van der Waals surface area (Å²) in [5.74, 6) is 5.99. The SMILES string of the molecule is NNC(CC1CC1)c1ccccc1F. The molecule has 1 fully saturated rings. The fraction of sp³-hybridized carbons (Fsp3) is 0.455. The summed E-state index contributed by atoms with van der Waals surface area (Å²) in [6, 6.07) is 6.78. The predicted molar refractivity (Wildman–Crippen MR) is 53.8 cm³/mol. The van der Waals surface area contributed by atoms with Gasteiger partial charge in [0.25, 0.3) is 0 Å². The van der Waals surface area contributed by atoms with Gasteiger partial charge in [0.15, 0.2) is 0 Å². The van der Waals surface area contributed by atoms with Crippen molar-refractivity contribution in [1.82, 2.24) is 5.43 Å². The number of hydrogen-bond acceptors (Lipinski definition) is 2. The maximum absolute atomic E-state index is 13.4. The molecule has 3 N–H and O–H groups in total. The van der Waals surface area contributed by atoms with E-state index >= 15 is 0 Å². The van der Waals surface area contributed by atoms with E-state index in [0.29, 0.717) is 5.56 Å². The van der Waals surface area contributed by atoms with Crippen molar-refractivity contribution < 1.29 is 4.39 Å². The summed E-state index contributed by atoms with van der Waals surface area (Å²) in [6.45, 7) is 0. The molecule has 0 radical (unpaired) electrons. The number of hydrazine groups is 1. The zero-order valence-electron chi connectivity index (χ0n) is 8.04. The van der Waals surface area contributed by atoms with E-state index in [4.69, 9.17) is 5.84 Å². The van der Waals surface area contributed by atoms with E-state index in [1.54, 1.807) is 12.1 Å². The second-order valence-electron chi connectivity index (χ2n) is 3.92. The van der Waals surface area contributed by atoms with Crippen molar-refractivity contribution >= 4 is 0 Å². The van der Waals surface area contributed by atoms with Crippen molar-refractivity contribution in [3.8, 4) is 0 Å². The molecule has 2 rings (SSSR count). The third-order valence-electron chi connectivity index (χ3n) is 2.75. The highest BCUT2D eigenvalue weighted by atomic mass is 19.1. The Morgan fingerprint density at radius 1 is 1.43 bits per heavy atom. The summed E-state index contributed by atoms with van der Waals surface area (Å²) in [5, 5.41) is 0. The minimum Gasteiger partial charge on any atom is -0.271 e. The van der Waals surface area contributed by atoms with E-state index in [2.05, 4.69) is 5.43 Å². The van der Waals surface area contributed by atoms with Crippen molar-refractivity contribution in [1.29, 1.82) is 0 Å². The quantitative estimate of drug-likeness (QED) is 0.569. The molecule has 0 saturated heterocycles. The fourth-order valence-electron chi connectivity index (χ4n) is 1.73. The zero-order chi connectivity index (χ0) is 9.97. The van der Waals surface area contributed by atoms with E-state index in [-0.39, 0.29) is 11.9 Å². The maximum Gasteiger partial charge on any atom is 0.128 e. The minimum atomic E-state index is -0.170. The molecule has 0 aromatic heterocycles. The van der Waals surface area contributed by atoms with Gasteiger partial charge >= 0.3 is 0 Å². The van der Waals surface area contributed by atoms with Crippen LogP contribution in [0.2, 0.25) is 0 Å². The third kappa shape index (κ3) is 2.11. The Kier molecular flexibility index (Phi) is 2.79. The molecule has 1 aromatic carbocycles. The Balaban J connectivity index is 2.12. The molecule has 1 aliphatic carbocycles. The van der Waals surface area contributed by atoms with Crippen LogP contribution in [-0.4, -0.2) is 0 Å². The monoisotopic (exact) mass is 194 g/mol. The lowest BCUT2D eigenvalue weighted by atomic mass is 10.0. The lowest BCUT2D eigenvalue weighted by Gasteiger charge is -2.16. The first kappa shape index (κ1) is 9.62. The van der Waals surface area contributed by atoms with Crippen LogP contribution in [0.15, 0.2) is 24.3 Å². The molecular formula is C11H15FN2. The molecule has 14 heavy (non-hydrogen) atoms. The topological polar surface area (TPSA) is 38.0 Å². The van der Waals surface area contributed by atoms with Crippen molar-refractivity contribution in [3.05, 3.63) is 35.6 Å². The second kappa shape index (κ2) is 4.07. The van der Waals surface area contributed by atoms with Gasteiger partial charge in [-0.05, 0) is 18.4 Å². The number of hydrogen-bond donors (Lipinski definition) is 2.